The normalized spacial score (nSPS) is 16.5. The van der Waals surface area contributed by atoms with Gasteiger partial charge in [0.2, 0.25) is 10.0 Å². The Morgan fingerprint density at radius 2 is 2.21 bits per heavy atom. The molecule has 1 aromatic heterocycles. The van der Waals surface area contributed by atoms with Crippen LogP contribution in [0.15, 0.2) is 23.4 Å². The lowest BCUT2D eigenvalue weighted by molar-refractivity contribution is 0.530. The van der Waals surface area contributed by atoms with Crippen molar-refractivity contribution in [3.63, 3.8) is 0 Å². The molecule has 1 aliphatic carbocycles. The zero-order chi connectivity index (χ0) is 13.9. The van der Waals surface area contributed by atoms with Gasteiger partial charge in [-0.25, -0.2) is 13.1 Å². The predicted molar refractivity (Wildman–Crippen MR) is 72.7 cm³/mol. The molecule has 19 heavy (non-hydrogen) atoms. The summed E-state index contributed by atoms with van der Waals surface area (Å²) >= 11 is 0. The third-order valence-electron chi connectivity index (χ3n) is 3.15. The fourth-order valence-electron chi connectivity index (χ4n) is 1.53. The number of hydrogen-bond donors (Lipinski definition) is 2. The maximum atomic E-state index is 12.1. The van der Waals surface area contributed by atoms with Gasteiger partial charge in [0.15, 0.2) is 0 Å². The Morgan fingerprint density at radius 1 is 1.47 bits per heavy atom. The highest BCUT2D eigenvalue weighted by molar-refractivity contribution is 7.89. The first kappa shape index (κ1) is 14.0. The fraction of sp³-hybridized carbons (Fsp3) is 0.462. The van der Waals surface area contributed by atoms with Gasteiger partial charge in [-0.1, -0.05) is 18.8 Å². The highest BCUT2D eigenvalue weighted by Crippen LogP contribution is 2.44. The molecule has 0 unspecified atom stereocenters. The first-order chi connectivity index (χ1) is 8.95. The maximum Gasteiger partial charge on any atom is 0.242 e. The summed E-state index contributed by atoms with van der Waals surface area (Å²) in [5, 5.41) is 0. The second-order valence-corrected chi connectivity index (χ2v) is 6.82. The summed E-state index contributed by atoms with van der Waals surface area (Å²) < 4.78 is 26.8. The Labute approximate surface area is 113 Å². The summed E-state index contributed by atoms with van der Waals surface area (Å²) in [7, 11) is -3.51. The minimum Gasteiger partial charge on any atom is -0.320 e. The lowest BCUT2D eigenvalue weighted by Gasteiger charge is -2.10. The van der Waals surface area contributed by atoms with Gasteiger partial charge in [-0.3, -0.25) is 4.98 Å². The highest BCUT2D eigenvalue weighted by atomic mass is 32.2. The Bertz CT molecular complexity index is 625. The molecule has 1 saturated carbocycles. The Morgan fingerprint density at radius 3 is 2.84 bits per heavy atom. The molecule has 2 rings (SSSR count). The van der Waals surface area contributed by atoms with Crippen LogP contribution in [-0.2, 0) is 10.0 Å². The predicted octanol–water partition coefficient (Wildman–Crippen LogP) is 0.470. The second-order valence-electron chi connectivity index (χ2n) is 5.05. The highest BCUT2D eigenvalue weighted by Gasteiger charge is 2.38. The van der Waals surface area contributed by atoms with Gasteiger partial charge in [-0.2, -0.15) is 0 Å². The zero-order valence-corrected chi connectivity index (χ0v) is 11.6. The van der Waals surface area contributed by atoms with E-state index >= 15 is 0 Å². The van der Waals surface area contributed by atoms with Crippen molar-refractivity contribution in [1.29, 1.82) is 0 Å². The molecule has 0 bridgehead atoms. The van der Waals surface area contributed by atoms with Crippen LogP contribution in [-0.4, -0.2) is 26.5 Å². The summed E-state index contributed by atoms with van der Waals surface area (Å²) in [6, 6.07) is 1.51. The van der Waals surface area contributed by atoms with Gasteiger partial charge in [-0.05, 0) is 24.3 Å². The molecule has 0 atom stereocenters. The van der Waals surface area contributed by atoms with Crippen molar-refractivity contribution in [3.05, 3.63) is 24.0 Å². The average Bonchev–Trinajstić information content (AvgIpc) is 3.13. The SMILES string of the molecule is CC1(CNS(=O)(=O)c2cncc(C#CCN)c2)CC1. The van der Waals surface area contributed by atoms with E-state index in [9.17, 15) is 8.42 Å². The van der Waals surface area contributed by atoms with Crippen LogP contribution in [0.3, 0.4) is 0 Å². The molecular formula is C13H17N3O2S. The van der Waals surface area contributed by atoms with E-state index in [2.05, 4.69) is 28.5 Å². The van der Waals surface area contributed by atoms with Crippen LogP contribution in [0.1, 0.15) is 25.3 Å². The number of hydrogen-bond acceptors (Lipinski definition) is 4. The van der Waals surface area contributed by atoms with Gasteiger partial charge in [0.1, 0.15) is 4.90 Å². The molecular weight excluding hydrogens is 262 g/mol. The minimum absolute atomic E-state index is 0.122. The number of nitrogens with one attached hydrogen (secondary N) is 1. The van der Waals surface area contributed by atoms with Crippen molar-refractivity contribution in [2.45, 2.75) is 24.7 Å². The van der Waals surface area contributed by atoms with Crippen molar-refractivity contribution >= 4 is 10.0 Å². The van der Waals surface area contributed by atoms with Crippen LogP contribution < -0.4 is 10.5 Å². The number of nitrogens with two attached hydrogens (primary N) is 1. The Kier molecular flexibility index (Phi) is 3.90. The number of pyridine rings is 1. The Hall–Kier alpha value is -1.42. The van der Waals surface area contributed by atoms with Crippen molar-refractivity contribution < 1.29 is 8.42 Å². The average molecular weight is 279 g/mol. The van der Waals surface area contributed by atoms with E-state index in [0.29, 0.717) is 12.1 Å². The van der Waals surface area contributed by atoms with Gasteiger partial charge >= 0.3 is 0 Å². The quantitative estimate of drug-likeness (QED) is 0.785. The van der Waals surface area contributed by atoms with Crippen LogP contribution in [0.25, 0.3) is 0 Å². The smallest absolute Gasteiger partial charge is 0.242 e. The van der Waals surface area contributed by atoms with E-state index in [-0.39, 0.29) is 16.9 Å². The third kappa shape index (κ3) is 3.77. The van der Waals surface area contributed by atoms with Crippen molar-refractivity contribution in [2.75, 3.05) is 13.1 Å². The molecule has 1 heterocycles. The summed E-state index contributed by atoms with van der Waals surface area (Å²) in [5.41, 5.74) is 5.95. The van der Waals surface area contributed by atoms with E-state index in [1.165, 1.54) is 18.5 Å². The standard InChI is InChI=1S/C13H17N3O2S/c1-13(4-5-13)10-16-19(17,18)12-7-11(3-2-6-14)8-15-9-12/h7-9,16H,4-6,10,14H2,1H3. The summed E-state index contributed by atoms with van der Waals surface area (Å²) in [4.78, 5) is 4.04. The van der Waals surface area contributed by atoms with Crippen LogP contribution in [0.4, 0.5) is 0 Å². The van der Waals surface area contributed by atoms with E-state index in [0.717, 1.165) is 12.8 Å². The van der Waals surface area contributed by atoms with Gasteiger partial charge in [0.05, 0.1) is 6.54 Å². The first-order valence-corrected chi connectivity index (χ1v) is 7.57. The molecule has 0 spiro atoms. The monoisotopic (exact) mass is 279 g/mol. The lowest BCUT2D eigenvalue weighted by atomic mass is 10.2. The first-order valence-electron chi connectivity index (χ1n) is 6.09. The molecule has 1 aromatic rings. The van der Waals surface area contributed by atoms with Gasteiger partial charge in [0, 0.05) is 24.5 Å². The fourth-order valence-corrected chi connectivity index (χ4v) is 2.72. The number of rotatable bonds is 4. The summed E-state index contributed by atoms with van der Waals surface area (Å²) in [6.07, 6.45) is 4.97. The van der Waals surface area contributed by atoms with Crippen LogP contribution in [0.2, 0.25) is 0 Å². The molecule has 0 saturated heterocycles. The minimum atomic E-state index is -3.51. The zero-order valence-electron chi connectivity index (χ0n) is 10.8. The van der Waals surface area contributed by atoms with Crippen molar-refractivity contribution in [1.82, 2.24) is 9.71 Å². The summed E-state index contributed by atoms with van der Waals surface area (Å²) in [6.45, 7) is 2.76. The second kappa shape index (κ2) is 5.29. The molecule has 5 nitrogen and oxygen atoms in total. The van der Waals surface area contributed by atoms with Crippen LogP contribution in [0, 0.1) is 17.3 Å². The van der Waals surface area contributed by atoms with E-state index in [4.69, 9.17) is 5.73 Å². The van der Waals surface area contributed by atoms with Crippen LogP contribution in [0.5, 0.6) is 0 Å². The lowest BCUT2D eigenvalue weighted by Crippen LogP contribution is -2.29. The molecule has 0 aliphatic heterocycles. The molecule has 102 valence electrons. The topological polar surface area (TPSA) is 85.1 Å². The van der Waals surface area contributed by atoms with Crippen molar-refractivity contribution in [3.8, 4) is 11.8 Å². The largest absolute Gasteiger partial charge is 0.320 e. The molecule has 1 aliphatic rings. The van der Waals surface area contributed by atoms with E-state index < -0.39 is 10.0 Å². The molecule has 1 fully saturated rings. The summed E-state index contributed by atoms with van der Waals surface area (Å²) in [5.74, 6) is 5.44. The third-order valence-corrected chi connectivity index (χ3v) is 4.52. The molecule has 0 amide bonds. The van der Waals surface area contributed by atoms with Gasteiger partial charge in [0.25, 0.3) is 0 Å². The molecule has 0 radical (unpaired) electrons. The number of sulfonamides is 1. The number of nitrogens with zero attached hydrogens (tertiary/aromatic N) is 1. The molecule has 0 aromatic carbocycles. The van der Waals surface area contributed by atoms with Crippen LogP contribution >= 0.6 is 0 Å². The maximum absolute atomic E-state index is 12.1. The van der Waals surface area contributed by atoms with Gasteiger partial charge in [-0.15, -0.1) is 0 Å². The Balaban J connectivity index is 2.15. The van der Waals surface area contributed by atoms with Crippen molar-refractivity contribution in [2.24, 2.45) is 11.1 Å². The van der Waals surface area contributed by atoms with Gasteiger partial charge < -0.3 is 5.73 Å². The molecule has 3 N–H and O–H groups in total. The molecule has 6 heteroatoms. The van der Waals surface area contributed by atoms with E-state index in [1.807, 2.05) is 0 Å². The van der Waals surface area contributed by atoms with E-state index in [1.54, 1.807) is 0 Å². The number of aromatic nitrogens is 1.